The minimum Gasteiger partial charge on any atom is -0.480 e. The Morgan fingerprint density at radius 2 is 2.00 bits per heavy atom. The van der Waals surface area contributed by atoms with E-state index in [0.717, 1.165) is 0 Å². The molecular weight excluding hydrogens is 238 g/mol. The highest BCUT2D eigenvalue weighted by atomic mass is 16.6. The maximum Gasteiger partial charge on any atom is 0.408 e. The highest BCUT2D eigenvalue weighted by Gasteiger charge is 2.30. The molecule has 0 saturated heterocycles. The second-order valence-corrected chi connectivity index (χ2v) is 4.78. The number of rotatable bonds is 6. The smallest absolute Gasteiger partial charge is 0.408 e. The number of carbonyl (C=O) groups is 2. The number of alkyl carbamates (subject to hydrolysis) is 1. The summed E-state index contributed by atoms with van der Waals surface area (Å²) in [5.74, 6) is -1.18. The van der Waals surface area contributed by atoms with Gasteiger partial charge in [-0.05, 0) is 27.7 Å². The topological polar surface area (TPSA) is 84.9 Å². The maximum absolute atomic E-state index is 11.3. The molecule has 0 unspecified atom stereocenters. The normalized spacial score (nSPS) is 14.4. The van der Waals surface area contributed by atoms with Gasteiger partial charge in [0.2, 0.25) is 0 Å². The lowest BCUT2D eigenvalue weighted by Crippen LogP contribution is -2.50. The van der Waals surface area contributed by atoms with Crippen LogP contribution in [0.2, 0.25) is 0 Å². The second-order valence-electron chi connectivity index (χ2n) is 4.78. The zero-order valence-electron chi connectivity index (χ0n) is 11.2. The quantitative estimate of drug-likeness (QED) is 0.707. The number of carboxylic acid groups (broad SMARTS) is 1. The molecule has 6 nitrogen and oxygen atoms in total. The molecule has 1 amide bonds. The van der Waals surface area contributed by atoms with Gasteiger partial charge in [-0.2, -0.15) is 0 Å². The molecule has 0 fully saturated rings. The predicted molar refractivity (Wildman–Crippen MR) is 66.4 cm³/mol. The first kappa shape index (κ1) is 16.4. The largest absolute Gasteiger partial charge is 0.480 e. The van der Waals surface area contributed by atoms with Gasteiger partial charge < -0.3 is 19.9 Å². The van der Waals surface area contributed by atoms with Gasteiger partial charge in [0, 0.05) is 0 Å². The molecule has 0 saturated carbocycles. The van der Waals surface area contributed by atoms with Gasteiger partial charge in [0.1, 0.15) is 6.61 Å². The molecule has 0 aliphatic carbocycles. The molecule has 0 aliphatic heterocycles. The average Bonchev–Trinajstić information content (AvgIpc) is 2.19. The summed E-state index contributed by atoms with van der Waals surface area (Å²) in [6, 6.07) is -1.17. The van der Waals surface area contributed by atoms with E-state index in [-0.39, 0.29) is 6.61 Å². The van der Waals surface area contributed by atoms with E-state index in [1.165, 1.54) is 6.08 Å². The van der Waals surface area contributed by atoms with E-state index in [0.29, 0.717) is 0 Å². The SMILES string of the molecule is C=CCOC(=O)N[C@H](C(=O)O)[C@@H](C)OC(C)(C)C. The first-order valence-corrected chi connectivity index (χ1v) is 5.62. The lowest BCUT2D eigenvalue weighted by Gasteiger charge is -2.29. The summed E-state index contributed by atoms with van der Waals surface area (Å²) < 4.78 is 10.2. The van der Waals surface area contributed by atoms with Crippen molar-refractivity contribution < 1.29 is 24.2 Å². The van der Waals surface area contributed by atoms with Crippen LogP contribution in [-0.4, -0.2) is 41.5 Å². The van der Waals surface area contributed by atoms with Crippen LogP contribution in [0.4, 0.5) is 4.79 Å². The van der Waals surface area contributed by atoms with Gasteiger partial charge in [0.25, 0.3) is 0 Å². The Morgan fingerprint density at radius 1 is 1.44 bits per heavy atom. The van der Waals surface area contributed by atoms with Crippen molar-refractivity contribution in [1.29, 1.82) is 0 Å². The summed E-state index contributed by atoms with van der Waals surface area (Å²) in [5.41, 5.74) is -0.500. The van der Waals surface area contributed by atoms with Crippen LogP contribution >= 0.6 is 0 Å². The summed E-state index contributed by atoms with van der Waals surface area (Å²) in [7, 11) is 0. The van der Waals surface area contributed by atoms with Crippen LogP contribution in [-0.2, 0) is 14.3 Å². The average molecular weight is 259 g/mol. The third-order valence-corrected chi connectivity index (χ3v) is 1.88. The zero-order valence-corrected chi connectivity index (χ0v) is 11.2. The summed E-state index contributed by atoms with van der Waals surface area (Å²) in [6.45, 7) is 10.4. The van der Waals surface area contributed by atoms with Crippen LogP contribution in [0.3, 0.4) is 0 Å². The molecule has 0 radical (unpaired) electrons. The van der Waals surface area contributed by atoms with Crippen LogP contribution in [0.5, 0.6) is 0 Å². The fraction of sp³-hybridized carbons (Fsp3) is 0.667. The van der Waals surface area contributed by atoms with Gasteiger partial charge in [0.15, 0.2) is 6.04 Å². The number of amides is 1. The van der Waals surface area contributed by atoms with Gasteiger partial charge in [-0.25, -0.2) is 9.59 Å². The molecule has 2 N–H and O–H groups in total. The molecule has 0 aromatic carbocycles. The molecule has 0 aliphatic rings. The molecule has 0 rings (SSSR count). The van der Waals surface area contributed by atoms with Gasteiger partial charge in [0.05, 0.1) is 11.7 Å². The molecule has 6 heteroatoms. The van der Waals surface area contributed by atoms with E-state index in [4.69, 9.17) is 9.84 Å². The molecule has 0 bridgehead atoms. The van der Waals surface area contributed by atoms with E-state index >= 15 is 0 Å². The monoisotopic (exact) mass is 259 g/mol. The van der Waals surface area contributed by atoms with Gasteiger partial charge in [-0.1, -0.05) is 12.7 Å². The maximum atomic E-state index is 11.3. The van der Waals surface area contributed by atoms with Gasteiger partial charge >= 0.3 is 12.1 Å². The van der Waals surface area contributed by atoms with Crippen LogP contribution in [0, 0.1) is 0 Å². The Kier molecular flexibility index (Phi) is 6.40. The van der Waals surface area contributed by atoms with Crippen molar-refractivity contribution in [3.8, 4) is 0 Å². The highest BCUT2D eigenvalue weighted by Crippen LogP contribution is 2.13. The van der Waals surface area contributed by atoms with Gasteiger partial charge in [-0.3, -0.25) is 0 Å². The van der Waals surface area contributed by atoms with Crippen molar-refractivity contribution in [2.75, 3.05) is 6.61 Å². The Bertz CT molecular complexity index is 308. The van der Waals surface area contributed by atoms with E-state index in [1.807, 2.05) is 0 Å². The van der Waals surface area contributed by atoms with Crippen LogP contribution in [0.15, 0.2) is 12.7 Å². The Morgan fingerprint density at radius 3 is 2.39 bits per heavy atom. The van der Waals surface area contributed by atoms with Crippen LogP contribution in [0.25, 0.3) is 0 Å². The van der Waals surface area contributed by atoms with E-state index < -0.39 is 29.8 Å². The first-order chi connectivity index (χ1) is 8.17. The third-order valence-electron chi connectivity index (χ3n) is 1.88. The molecule has 2 atom stereocenters. The fourth-order valence-electron chi connectivity index (χ4n) is 1.31. The third kappa shape index (κ3) is 6.90. The molecule has 0 spiro atoms. The van der Waals surface area contributed by atoms with Crippen LogP contribution in [0.1, 0.15) is 27.7 Å². The number of carbonyl (C=O) groups excluding carboxylic acids is 1. The minimum absolute atomic E-state index is 0.0205. The summed E-state index contributed by atoms with van der Waals surface area (Å²) >= 11 is 0. The standard InChI is InChI=1S/C12H21NO5/c1-6-7-17-11(16)13-9(10(14)15)8(2)18-12(3,4)5/h6,8-9H,1,7H2,2-5H3,(H,13,16)(H,14,15)/t8-,9+/m1/s1. The number of aliphatic carboxylic acids is 1. The van der Waals surface area contributed by atoms with Crippen molar-refractivity contribution in [2.24, 2.45) is 0 Å². The number of hydrogen-bond acceptors (Lipinski definition) is 4. The Hall–Kier alpha value is -1.56. The van der Waals surface area contributed by atoms with Crippen molar-refractivity contribution in [3.05, 3.63) is 12.7 Å². The van der Waals surface area contributed by atoms with Gasteiger partial charge in [-0.15, -0.1) is 0 Å². The molecule has 0 aromatic rings. The lowest BCUT2D eigenvalue weighted by atomic mass is 10.1. The molecule has 104 valence electrons. The summed E-state index contributed by atoms with van der Waals surface area (Å²) in [6.07, 6.45) is -0.102. The predicted octanol–water partition coefficient (Wildman–Crippen LogP) is 1.56. The number of nitrogens with one attached hydrogen (secondary N) is 1. The minimum atomic E-state index is -1.18. The highest BCUT2D eigenvalue weighted by molar-refractivity contribution is 5.80. The summed E-state index contributed by atoms with van der Waals surface area (Å²) in [4.78, 5) is 22.4. The Balaban J connectivity index is 4.52. The summed E-state index contributed by atoms with van der Waals surface area (Å²) in [5, 5.41) is 11.3. The number of hydrogen-bond donors (Lipinski definition) is 2. The van der Waals surface area contributed by atoms with Crippen LogP contribution < -0.4 is 5.32 Å². The zero-order chi connectivity index (χ0) is 14.3. The first-order valence-electron chi connectivity index (χ1n) is 5.62. The van der Waals surface area contributed by atoms with Crippen molar-refractivity contribution in [2.45, 2.75) is 45.4 Å². The van der Waals surface area contributed by atoms with E-state index in [9.17, 15) is 9.59 Å². The Labute approximate surface area is 107 Å². The molecule has 18 heavy (non-hydrogen) atoms. The van der Waals surface area contributed by atoms with E-state index in [1.54, 1.807) is 27.7 Å². The van der Waals surface area contributed by atoms with Crippen molar-refractivity contribution >= 4 is 12.1 Å². The molecule has 0 aromatic heterocycles. The van der Waals surface area contributed by atoms with E-state index in [2.05, 4.69) is 16.6 Å². The number of ether oxygens (including phenoxy) is 2. The number of carboxylic acids is 1. The molecular formula is C12H21NO5. The second kappa shape index (κ2) is 7.00. The van der Waals surface area contributed by atoms with Crippen molar-refractivity contribution in [3.63, 3.8) is 0 Å². The fourth-order valence-corrected chi connectivity index (χ4v) is 1.31. The van der Waals surface area contributed by atoms with Crippen molar-refractivity contribution in [1.82, 2.24) is 5.32 Å². The molecule has 0 heterocycles. The lowest BCUT2D eigenvalue weighted by molar-refractivity contribution is -0.147.